The molecule has 0 radical (unpaired) electrons. The molecule has 0 N–H and O–H groups in total. The molecule has 0 aliphatic carbocycles. The van der Waals surface area contributed by atoms with Crippen LogP contribution in [0.15, 0.2) is 72.3 Å². The van der Waals surface area contributed by atoms with Gasteiger partial charge in [0.25, 0.3) is 0 Å². The second-order valence-electron chi connectivity index (χ2n) is 6.93. The summed E-state index contributed by atoms with van der Waals surface area (Å²) in [6.07, 6.45) is 2.74. The van der Waals surface area contributed by atoms with Crippen LogP contribution in [0.2, 0.25) is 0 Å². The van der Waals surface area contributed by atoms with E-state index < -0.39 is 5.97 Å². The number of esters is 1. The Kier molecular flexibility index (Phi) is 5.96. The van der Waals surface area contributed by atoms with Crippen molar-refractivity contribution in [3.05, 3.63) is 89.0 Å². The number of nitrogens with zero attached hydrogens (tertiary/aromatic N) is 1. The minimum atomic E-state index is -0.431. The van der Waals surface area contributed by atoms with Crippen LogP contribution < -0.4 is 0 Å². The standard InChI is InChI=1S/C24H23NO3/c1-16-9-11-18(12-10-16)23-17(2)21(13-14-22(26)27-3)28-24(20(23)15-25)19-7-5-4-6-8-19/h4-14,17,21,23H,1-3H3/b14-13+. The average molecular weight is 373 g/mol. The third-order valence-corrected chi connectivity index (χ3v) is 5.07. The van der Waals surface area contributed by atoms with Crippen LogP contribution in [0.4, 0.5) is 0 Å². The number of benzene rings is 2. The fourth-order valence-corrected chi connectivity index (χ4v) is 3.53. The zero-order valence-electron chi connectivity index (χ0n) is 16.3. The SMILES string of the molecule is COC(=O)/C=C/C1OC(c2ccccc2)=C(C#N)C(c2ccc(C)cc2)C1C. The molecule has 1 aliphatic heterocycles. The van der Waals surface area contributed by atoms with E-state index in [4.69, 9.17) is 9.47 Å². The highest BCUT2D eigenvalue weighted by Crippen LogP contribution is 2.44. The number of aryl methyl sites for hydroxylation is 1. The molecule has 2 aromatic rings. The van der Waals surface area contributed by atoms with E-state index in [0.717, 1.165) is 16.7 Å². The molecular formula is C24H23NO3. The molecule has 0 bridgehead atoms. The molecular weight excluding hydrogens is 350 g/mol. The zero-order valence-corrected chi connectivity index (χ0v) is 16.3. The summed E-state index contributed by atoms with van der Waals surface area (Å²) in [4.78, 5) is 11.6. The summed E-state index contributed by atoms with van der Waals surface area (Å²) < 4.78 is 10.9. The third kappa shape index (κ3) is 3.99. The highest BCUT2D eigenvalue weighted by Gasteiger charge is 2.37. The summed E-state index contributed by atoms with van der Waals surface area (Å²) in [6, 6.07) is 20.2. The number of carbonyl (C=O) groups excluding carboxylic acids is 1. The number of hydrogen-bond acceptors (Lipinski definition) is 4. The van der Waals surface area contributed by atoms with Crippen molar-refractivity contribution in [3.63, 3.8) is 0 Å². The van der Waals surface area contributed by atoms with Gasteiger partial charge >= 0.3 is 5.97 Å². The fourth-order valence-electron chi connectivity index (χ4n) is 3.53. The summed E-state index contributed by atoms with van der Waals surface area (Å²) >= 11 is 0. The van der Waals surface area contributed by atoms with E-state index in [1.165, 1.54) is 13.2 Å². The smallest absolute Gasteiger partial charge is 0.330 e. The molecule has 3 rings (SSSR count). The predicted octanol–water partition coefficient (Wildman–Crippen LogP) is 4.78. The van der Waals surface area contributed by atoms with Gasteiger partial charge in [-0.3, -0.25) is 0 Å². The van der Waals surface area contributed by atoms with Crippen LogP contribution in [0.25, 0.3) is 5.76 Å². The molecule has 4 heteroatoms. The lowest BCUT2D eigenvalue weighted by molar-refractivity contribution is -0.134. The van der Waals surface area contributed by atoms with Gasteiger partial charge in [0.15, 0.2) is 0 Å². The summed E-state index contributed by atoms with van der Waals surface area (Å²) in [6.45, 7) is 4.07. The second-order valence-corrected chi connectivity index (χ2v) is 6.93. The van der Waals surface area contributed by atoms with Gasteiger partial charge in [0.1, 0.15) is 11.9 Å². The average Bonchev–Trinajstić information content (AvgIpc) is 2.73. The second kappa shape index (κ2) is 8.58. The molecule has 3 atom stereocenters. The molecule has 0 saturated carbocycles. The molecule has 142 valence electrons. The Morgan fingerprint density at radius 2 is 1.82 bits per heavy atom. The van der Waals surface area contributed by atoms with Crippen LogP contribution in [0.5, 0.6) is 0 Å². The Balaban J connectivity index is 2.12. The molecule has 28 heavy (non-hydrogen) atoms. The number of rotatable bonds is 4. The Hall–Kier alpha value is -3.32. The van der Waals surface area contributed by atoms with Crippen LogP contribution in [0.3, 0.4) is 0 Å². The molecule has 1 aliphatic rings. The molecule has 0 spiro atoms. The molecule has 0 fully saturated rings. The van der Waals surface area contributed by atoms with Crippen molar-refractivity contribution < 1.29 is 14.3 Å². The Bertz CT molecular complexity index is 936. The highest BCUT2D eigenvalue weighted by molar-refractivity contribution is 5.82. The maximum absolute atomic E-state index is 11.6. The third-order valence-electron chi connectivity index (χ3n) is 5.07. The summed E-state index contributed by atoms with van der Waals surface area (Å²) in [7, 11) is 1.34. The maximum Gasteiger partial charge on any atom is 0.330 e. The van der Waals surface area contributed by atoms with Crippen molar-refractivity contribution >= 4 is 11.7 Å². The lowest BCUT2D eigenvalue weighted by Crippen LogP contribution is -2.31. The Morgan fingerprint density at radius 1 is 1.14 bits per heavy atom. The summed E-state index contributed by atoms with van der Waals surface area (Å²) in [5.74, 6) is -0.0436. The maximum atomic E-state index is 11.6. The van der Waals surface area contributed by atoms with E-state index >= 15 is 0 Å². The van der Waals surface area contributed by atoms with Gasteiger partial charge in [-0.2, -0.15) is 5.26 Å². The van der Waals surface area contributed by atoms with Gasteiger partial charge in [-0.05, 0) is 18.6 Å². The molecule has 1 heterocycles. The van der Waals surface area contributed by atoms with E-state index in [1.807, 2.05) is 56.3 Å². The van der Waals surface area contributed by atoms with Crippen molar-refractivity contribution in [2.24, 2.45) is 5.92 Å². The number of carbonyl (C=O) groups is 1. The fraction of sp³-hybridized carbons (Fsp3) is 0.250. The number of ether oxygens (including phenoxy) is 2. The van der Waals surface area contributed by atoms with Gasteiger partial charge in [-0.1, -0.05) is 67.1 Å². The van der Waals surface area contributed by atoms with Crippen molar-refractivity contribution in [2.45, 2.75) is 25.9 Å². The van der Waals surface area contributed by atoms with Crippen LogP contribution in [0, 0.1) is 24.2 Å². The van der Waals surface area contributed by atoms with E-state index in [1.54, 1.807) is 6.08 Å². The first-order valence-electron chi connectivity index (χ1n) is 9.24. The largest absolute Gasteiger partial charge is 0.484 e. The van der Waals surface area contributed by atoms with Gasteiger partial charge in [-0.15, -0.1) is 0 Å². The Morgan fingerprint density at radius 3 is 2.43 bits per heavy atom. The summed E-state index contributed by atoms with van der Waals surface area (Å²) in [5, 5.41) is 9.99. The van der Waals surface area contributed by atoms with Gasteiger partial charge in [0, 0.05) is 23.5 Å². The predicted molar refractivity (Wildman–Crippen MR) is 108 cm³/mol. The molecule has 0 saturated heterocycles. The summed E-state index contributed by atoms with van der Waals surface area (Å²) in [5.41, 5.74) is 3.67. The normalized spacial score (nSPS) is 21.9. The number of hydrogen-bond donors (Lipinski definition) is 0. The van der Waals surface area contributed by atoms with Crippen LogP contribution in [0.1, 0.15) is 29.5 Å². The van der Waals surface area contributed by atoms with E-state index in [-0.39, 0.29) is 17.9 Å². The number of allylic oxidation sites excluding steroid dienone is 1. The van der Waals surface area contributed by atoms with E-state index in [9.17, 15) is 10.1 Å². The van der Waals surface area contributed by atoms with Crippen molar-refractivity contribution in [1.29, 1.82) is 5.26 Å². The quantitative estimate of drug-likeness (QED) is 0.572. The molecule has 3 unspecified atom stereocenters. The van der Waals surface area contributed by atoms with Crippen molar-refractivity contribution in [3.8, 4) is 6.07 Å². The van der Waals surface area contributed by atoms with Gasteiger partial charge < -0.3 is 9.47 Å². The topological polar surface area (TPSA) is 59.3 Å². The minimum absolute atomic E-state index is 0.0364. The van der Waals surface area contributed by atoms with Gasteiger partial charge in [-0.25, -0.2) is 4.79 Å². The van der Waals surface area contributed by atoms with Crippen LogP contribution in [-0.4, -0.2) is 19.2 Å². The first-order chi connectivity index (χ1) is 13.5. The first-order valence-corrected chi connectivity index (χ1v) is 9.24. The van der Waals surface area contributed by atoms with Crippen LogP contribution >= 0.6 is 0 Å². The molecule has 0 aromatic heterocycles. The van der Waals surface area contributed by atoms with Crippen molar-refractivity contribution in [2.75, 3.05) is 7.11 Å². The van der Waals surface area contributed by atoms with Crippen molar-refractivity contribution in [1.82, 2.24) is 0 Å². The molecule has 4 nitrogen and oxygen atoms in total. The molecule has 2 aromatic carbocycles. The number of methoxy groups -OCH3 is 1. The first kappa shape index (κ1) is 19.4. The van der Waals surface area contributed by atoms with Gasteiger partial charge in [0.05, 0.1) is 18.8 Å². The highest BCUT2D eigenvalue weighted by atomic mass is 16.5. The monoisotopic (exact) mass is 373 g/mol. The minimum Gasteiger partial charge on any atom is -0.484 e. The number of nitriles is 1. The van der Waals surface area contributed by atoms with Crippen LogP contribution in [-0.2, 0) is 14.3 Å². The van der Waals surface area contributed by atoms with Gasteiger partial charge in [0.2, 0.25) is 0 Å². The van der Waals surface area contributed by atoms with E-state index in [2.05, 4.69) is 18.2 Å². The van der Waals surface area contributed by atoms with E-state index in [0.29, 0.717) is 11.3 Å². The lowest BCUT2D eigenvalue weighted by Gasteiger charge is -2.36. The lowest BCUT2D eigenvalue weighted by atomic mass is 9.76. The zero-order chi connectivity index (χ0) is 20.1. The Labute approximate surface area is 165 Å². The molecule has 0 amide bonds.